The highest BCUT2D eigenvalue weighted by atomic mass is 16.5. The number of rotatable bonds is 3. The number of hydrogen-bond donors (Lipinski definition) is 0. The van der Waals surface area contributed by atoms with Crippen LogP contribution in [0.15, 0.2) is 54.6 Å². The highest BCUT2D eigenvalue weighted by Gasteiger charge is 2.26. The van der Waals surface area contributed by atoms with Gasteiger partial charge in [-0.05, 0) is 38.4 Å². The monoisotopic (exact) mass is 268 g/mol. The number of anilines is 2. The minimum atomic E-state index is 0.181. The number of hydrogen-bond acceptors (Lipinski definition) is 3. The molecule has 3 rings (SSSR count). The third-order valence-electron chi connectivity index (χ3n) is 3.47. The summed E-state index contributed by atoms with van der Waals surface area (Å²) in [7, 11) is 4.16. The zero-order chi connectivity index (χ0) is 13.9. The molecule has 1 aliphatic rings. The second-order valence-electron chi connectivity index (χ2n) is 5.42. The highest BCUT2D eigenvalue weighted by Crippen LogP contribution is 2.37. The maximum atomic E-state index is 6.11. The van der Waals surface area contributed by atoms with Crippen molar-refractivity contribution in [2.75, 3.05) is 32.1 Å². The van der Waals surface area contributed by atoms with E-state index in [1.54, 1.807) is 0 Å². The van der Waals surface area contributed by atoms with Crippen LogP contribution in [0.2, 0.25) is 0 Å². The predicted octanol–water partition coefficient (Wildman–Crippen LogP) is 3.15. The molecule has 3 heteroatoms. The SMILES string of the molecule is CN(C)CC1CN(c2ccccc2)c2ccccc2O1. The highest BCUT2D eigenvalue weighted by molar-refractivity contribution is 5.70. The molecule has 3 nitrogen and oxygen atoms in total. The summed E-state index contributed by atoms with van der Waals surface area (Å²) in [6.45, 7) is 1.79. The van der Waals surface area contributed by atoms with E-state index in [0.29, 0.717) is 0 Å². The zero-order valence-corrected chi connectivity index (χ0v) is 12.0. The second-order valence-corrected chi connectivity index (χ2v) is 5.42. The van der Waals surface area contributed by atoms with Gasteiger partial charge in [-0.3, -0.25) is 0 Å². The molecule has 0 saturated carbocycles. The van der Waals surface area contributed by atoms with Gasteiger partial charge in [0.2, 0.25) is 0 Å². The lowest BCUT2D eigenvalue weighted by molar-refractivity contribution is 0.158. The molecule has 0 saturated heterocycles. The van der Waals surface area contributed by atoms with Crippen LogP contribution in [0.3, 0.4) is 0 Å². The van der Waals surface area contributed by atoms with Crippen LogP contribution in [-0.2, 0) is 0 Å². The van der Waals surface area contributed by atoms with Crippen molar-refractivity contribution in [3.8, 4) is 5.75 Å². The van der Waals surface area contributed by atoms with E-state index in [9.17, 15) is 0 Å². The van der Waals surface area contributed by atoms with Crippen LogP contribution in [0.1, 0.15) is 0 Å². The number of ether oxygens (including phenoxy) is 1. The summed E-state index contributed by atoms with van der Waals surface area (Å²) >= 11 is 0. The van der Waals surface area contributed by atoms with Gasteiger partial charge in [0, 0.05) is 12.2 Å². The maximum Gasteiger partial charge on any atom is 0.143 e. The molecule has 1 atom stereocenters. The average molecular weight is 268 g/mol. The van der Waals surface area contributed by atoms with Gasteiger partial charge in [-0.2, -0.15) is 0 Å². The van der Waals surface area contributed by atoms with E-state index >= 15 is 0 Å². The smallest absolute Gasteiger partial charge is 0.143 e. The first-order chi connectivity index (χ1) is 9.74. The van der Waals surface area contributed by atoms with Crippen molar-refractivity contribution in [1.29, 1.82) is 0 Å². The van der Waals surface area contributed by atoms with Gasteiger partial charge < -0.3 is 14.5 Å². The Hall–Kier alpha value is -2.00. The van der Waals surface area contributed by atoms with Gasteiger partial charge in [-0.25, -0.2) is 0 Å². The molecule has 0 spiro atoms. The second kappa shape index (κ2) is 5.55. The van der Waals surface area contributed by atoms with Crippen molar-refractivity contribution in [2.45, 2.75) is 6.10 Å². The molecular formula is C17H20N2O. The summed E-state index contributed by atoms with van der Waals surface area (Å²) in [5.41, 5.74) is 2.36. The molecule has 2 aromatic rings. The minimum Gasteiger partial charge on any atom is -0.485 e. The lowest BCUT2D eigenvalue weighted by Gasteiger charge is -2.37. The molecule has 0 aromatic heterocycles. The van der Waals surface area contributed by atoms with E-state index in [1.807, 2.05) is 18.2 Å². The summed E-state index contributed by atoms with van der Waals surface area (Å²) in [6.07, 6.45) is 0.181. The molecule has 0 fully saturated rings. The molecule has 1 heterocycles. The number of nitrogens with zero attached hydrogens (tertiary/aromatic N) is 2. The van der Waals surface area contributed by atoms with E-state index < -0.39 is 0 Å². The lowest BCUT2D eigenvalue weighted by Crippen LogP contribution is -2.43. The van der Waals surface area contributed by atoms with Crippen LogP contribution >= 0.6 is 0 Å². The number of para-hydroxylation sites is 3. The van der Waals surface area contributed by atoms with Crippen LogP contribution in [0, 0.1) is 0 Å². The minimum absolute atomic E-state index is 0.181. The van der Waals surface area contributed by atoms with Gasteiger partial charge >= 0.3 is 0 Å². The number of benzene rings is 2. The molecule has 0 amide bonds. The molecule has 0 bridgehead atoms. The fraction of sp³-hybridized carbons (Fsp3) is 0.294. The molecule has 0 aliphatic carbocycles. The Bertz CT molecular complexity index is 568. The van der Waals surface area contributed by atoms with Crippen molar-refractivity contribution >= 4 is 11.4 Å². The van der Waals surface area contributed by atoms with Crippen LogP contribution in [-0.4, -0.2) is 38.2 Å². The van der Waals surface area contributed by atoms with Crippen molar-refractivity contribution in [3.63, 3.8) is 0 Å². The first kappa shape index (κ1) is 13.0. The van der Waals surface area contributed by atoms with Gasteiger partial charge in [0.15, 0.2) is 0 Å². The lowest BCUT2D eigenvalue weighted by atomic mass is 10.1. The van der Waals surface area contributed by atoms with E-state index in [2.05, 4.69) is 60.3 Å². The molecule has 0 N–H and O–H groups in total. The first-order valence-corrected chi connectivity index (χ1v) is 6.97. The van der Waals surface area contributed by atoms with Crippen molar-refractivity contribution < 1.29 is 4.74 Å². The van der Waals surface area contributed by atoms with E-state index in [4.69, 9.17) is 4.74 Å². The number of fused-ring (bicyclic) bond motifs is 1. The standard InChI is InChI=1S/C17H20N2O/c1-18(2)12-15-13-19(14-8-4-3-5-9-14)16-10-6-7-11-17(16)20-15/h3-11,15H,12-13H2,1-2H3. The summed E-state index contributed by atoms with van der Waals surface area (Å²) in [5, 5.41) is 0. The van der Waals surface area contributed by atoms with E-state index in [1.165, 1.54) is 5.69 Å². The largest absolute Gasteiger partial charge is 0.485 e. The molecule has 104 valence electrons. The van der Waals surface area contributed by atoms with Crippen LogP contribution in [0.25, 0.3) is 0 Å². The Labute approximate surface area is 120 Å². The Morgan fingerprint density at radius 2 is 1.75 bits per heavy atom. The Morgan fingerprint density at radius 3 is 2.50 bits per heavy atom. The van der Waals surface area contributed by atoms with Crippen molar-refractivity contribution in [3.05, 3.63) is 54.6 Å². The summed E-state index contributed by atoms with van der Waals surface area (Å²) in [4.78, 5) is 4.51. The van der Waals surface area contributed by atoms with Crippen LogP contribution in [0.5, 0.6) is 5.75 Å². The predicted molar refractivity (Wildman–Crippen MR) is 82.9 cm³/mol. The third kappa shape index (κ3) is 2.63. The zero-order valence-electron chi connectivity index (χ0n) is 12.0. The van der Waals surface area contributed by atoms with Gasteiger partial charge in [0.1, 0.15) is 11.9 Å². The van der Waals surface area contributed by atoms with Gasteiger partial charge in [-0.15, -0.1) is 0 Å². The van der Waals surface area contributed by atoms with Crippen molar-refractivity contribution in [1.82, 2.24) is 4.90 Å². The Balaban J connectivity index is 1.95. The van der Waals surface area contributed by atoms with Crippen molar-refractivity contribution in [2.24, 2.45) is 0 Å². The third-order valence-corrected chi connectivity index (χ3v) is 3.47. The van der Waals surface area contributed by atoms with E-state index in [-0.39, 0.29) is 6.10 Å². The quantitative estimate of drug-likeness (QED) is 0.850. The van der Waals surface area contributed by atoms with Gasteiger partial charge in [0.25, 0.3) is 0 Å². The Morgan fingerprint density at radius 1 is 1.05 bits per heavy atom. The van der Waals surface area contributed by atoms with E-state index in [0.717, 1.165) is 24.5 Å². The fourth-order valence-electron chi connectivity index (χ4n) is 2.65. The Kier molecular flexibility index (Phi) is 3.61. The molecule has 20 heavy (non-hydrogen) atoms. The molecule has 2 aromatic carbocycles. The summed E-state index contributed by atoms with van der Waals surface area (Å²) < 4.78 is 6.11. The van der Waals surface area contributed by atoms with Crippen LogP contribution in [0.4, 0.5) is 11.4 Å². The molecular weight excluding hydrogens is 248 g/mol. The molecule has 1 unspecified atom stereocenters. The average Bonchev–Trinajstić information content (AvgIpc) is 2.47. The summed E-state index contributed by atoms with van der Waals surface area (Å²) in [5.74, 6) is 0.967. The van der Waals surface area contributed by atoms with Gasteiger partial charge in [0.05, 0.1) is 12.2 Å². The maximum absolute atomic E-state index is 6.11. The molecule has 0 radical (unpaired) electrons. The number of likely N-dealkylation sites (N-methyl/N-ethyl adjacent to an activating group) is 1. The fourth-order valence-corrected chi connectivity index (χ4v) is 2.65. The van der Waals surface area contributed by atoms with Crippen LogP contribution < -0.4 is 9.64 Å². The van der Waals surface area contributed by atoms with Gasteiger partial charge in [-0.1, -0.05) is 30.3 Å². The first-order valence-electron chi connectivity index (χ1n) is 6.97. The summed E-state index contributed by atoms with van der Waals surface area (Å²) in [6, 6.07) is 18.8. The normalized spacial score (nSPS) is 17.8. The molecule has 1 aliphatic heterocycles. The topological polar surface area (TPSA) is 15.7 Å².